The highest BCUT2D eigenvalue weighted by atomic mass is 32.2. The van der Waals surface area contributed by atoms with Crippen molar-refractivity contribution in [1.29, 1.82) is 0 Å². The largest absolute Gasteiger partial charge is 0.465 e. The van der Waals surface area contributed by atoms with Crippen molar-refractivity contribution in [1.82, 2.24) is 9.21 Å². The number of hydrogen-bond acceptors (Lipinski definition) is 5. The first-order chi connectivity index (χ1) is 6.59. The lowest BCUT2D eigenvalue weighted by atomic mass is 10.1. The van der Waals surface area contributed by atoms with Crippen LogP contribution in [0.15, 0.2) is 0 Å². The second-order valence-corrected chi connectivity index (χ2v) is 4.15. The Kier molecular flexibility index (Phi) is 2.20. The molecule has 0 unspecified atom stereocenters. The van der Waals surface area contributed by atoms with E-state index in [1.165, 1.54) is 0 Å². The summed E-state index contributed by atoms with van der Waals surface area (Å²) in [5.41, 5.74) is 0. The van der Waals surface area contributed by atoms with Gasteiger partial charge >= 0.3 is 6.09 Å². The van der Waals surface area contributed by atoms with Crippen molar-refractivity contribution in [2.45, 2.75) is 6.04 Å². The Morgan fingerprint density at radius 1 is 1.43 bits per heavy atom. The molecule has 2 aliphatic rings. The van der Waals surface area contributed by atoms with Gasteiger partial charge in [-0.2, -0.15) is 0 Å². The molecule has 1 amide bonds. The minimum Gasteiger partial charge on any atom is -0.465 e. The van der Waals surface area contributed by atoms with Gasteiger partial charge in [-0.3, -0.25) is 9.59 Å². The van der Waals surface area contributed by atoms with Crippen LogP contribution >= 0.6 is 11.9 Å². The van der Waals surface area contributed by atoms with Gasteiger partial charge in [0.05, 0.1) is 0 Å². The number of carboxylic acid groups (broad SMARTS) is 1. The Morgan fingerprint density at radius 3 is 2.79 bits per heavy atom. The van der Waals surface area contributed by atoms with Crippen molar-refractivity contribution >= 4 is 28.9 Å². The number of amides is 1. The monoisotopic (exact) mass is 216 g/mol. The molecule has 0 radical (unpaired) electrons. The Hall–Kier alpha value is -1.08. The number of carbonyl (C=O) groups is 3. The first-order valence-electron chi connectivity index (χ1n) is 4.10. The van der Waals surface area contributed by atoms with Crippen molar-refractivity contribution in [3.63, 3.8) is 0 Å². The Morgan fingerprint density at radius 2 is 2.14 bits per heavy atom. The summed E-state index contributed by atoms with van der Waals surface area (Å²) in [5, 5.41) is 8.23. The van der Waals surface area contributed by atoms with E-state index < -0.39 is 23.0 Å². The minimum atomic E-state index is -1.04. The number of ketones is 1. The first kappa shape index (κ1) is 9.47. The number of fused-ring (bicyclic) bond motifs is 1. The Labute approximate surface area is 84.0 Å². The fraction of sp³-hybridized carbons (Fsp3) is 0.571. The van der Waals surface area contributed by atoms with Crippen LogP contribution in [0.25, 0.3) is 0 Å². The molecule has 6 nitrogen and oxygen atoms in total. The summed E-state index contributed by atoms with van der Waals surface area (Å²) in [6.07, 6.45) is -1.04. The van der Waals surface area contributed by atoms with Gasteiger partial charge in [-0.05, 0) is 0 Å². The smallest absolute Gasteiger partial charge is 0.407 e. The molecule has 76 valence electrons. The van der Waals surface area contributed by atoms with Gasteiger partial charge < -0.3 is 10.0 Å². The van der Waals surface area contributed by atoms with E-state index in [1.807, 2.05) is 0 Å². The second kappa shape index (κ2) is 3.25. The van der Waals surface area contributed by atoms with E-state index in [4.69, 9.17) is 5.11 Å². The summed E-state index contributed by atoms with van der Waals surface area (Å²) in [6, 6.07) is -0.572. The summed E-state index contributed by atoms with van der Waals surface area (Å²) in [7, 11) is 0. The molecule has 0 aromatic rings. The summed E-state index contributed by atoms with van der Waals surface area (Å²) < 4.78 is 1.66. The molecule has 0 bridgehead atoms. The van der Waals surface area contributed by atoms with Crippen LogP contribution in [0.1, 0.15) is 0 Å². The lowest BCUT2D eigenvalue weighted by molar-refractivity contribution is -0.133. The van der Waals surface area contributed by atoms with E-state index in [-0.39, 0.29) is 6.54 Å². The van der Waals surface area contributed by atoms with E-state index in [0.717, 1.165) is 16.8 Å². The minimum absolute atomic E-state index is 0.104. The second-order valence-electron chi connectivity index (χ2n) is 3.13. The molecule has 0 aromatic carbocycles. The summed E-state index contributed by atoms with van der Waals surface area (Å²) in [5.74, 6) is -0.485. The highest BCUT2D eigenvalue weighted by molar-refractivity contribution is 8.14. The van der Waals surface area contributed by atoms with Gasteiger partial charge in [0, 0.05) is 31.6 Å². The zero-order chi connectivity index (χ0) is 10.3. The van der Waals surface area contributed by atoms with E-state index in [0.29, 0.717) is 13.1 Å². The first-order valence-corrected chi connectivity index (χ1v) is 4.87. The fourth-order valence-electron chi connectivity index (χ4n) is 1.55. The van der Waals surface area contributed by atoms with Crippen LogP contribution in [0, 0.1) is 0 Å². The van der Waals surface area contributed by atoms with Crippen LogP contribution in [0.5, 0.6) is 0 Å². The summed E-state index contributed by atoms with van der Waals surface area (Å²) in [4.78, 5) is 34.1. The molecular formula is C7H8N2O4S. The highest BCUT2D eigenvalue weighted by Gasteiger charge is 2.44. The quantitative estimate of drug-likeness (QED) is 0.430. The number of hydrogen-bond donors (Lipinski definition) is 1. The maximum atomic E-state index is 11.3. The number of rotatable bonds is 0. The number of Topliss-reactive ketones (excluding diaryl/α,β-unsaturated/α-hetero) is 1. The van der Waals surface area contributed by atoms with Crippen LogP contribution < -0.4 is 0 Å². The van der Waals surface area contributed by atoms with Crippen molar-refractivity contribution in [2.75, 3.05) is 19.6 Å². The summed E-state index contributed by atoms with van der Waals surface area (Å²) >= 11 is 0.897. The van der Waals surface area contributed by atoms with E-state index >= 15 is 0 Å². The Balaban J connectivity index is 2.12. The number of nitrogens with zero attached hydrogens (tertiary/aromatic N) is 2. The third kappa shape index (κ3) is 1.38. The molecule has 0 aromatic heterocycles. The molecule has 2 saturated heterocycles. The van der Waals surface area contributed by atoms with Gasteiger partial charge in [-0.1, -0.05) is 0 Å². The van der Waals surface area contributed by atoms with Crippen molar-refractivity contribution in [3.05, 3.63) is 0 Å². The molecule has 0 aliphatic carbocycles. The van der Waals surface area contributed by atoms with Crippen molar-refractivity contribution in [3.8, 4) is 0 Å². The molecule has 2 rings (SSSR count). The van der Waals surface area contributed by atoms with Gasteiger partial charge in [0.1, 0.15) is 6.04 Å². The van der Waals surface area contributed by atoms with Crippen LogP contribution in [0.4, 0.5) is 4.79 Å². The van der Waals surface area contributed by atoms with Crippen LogP contribution in [-0.2, 0) is 9.59 Å². The zero-order valence-electron chi connectivity index (χ0n) is 7.17. The molecule has 14 heavy (non-hydrogen) atoms. The fourth-order valence-corrected chi connectivity index (χ4v) is 2.45. The lowest BCUT2D eigenvalue weighted by Gasteiger charge is -2.32. The maximum Gasteiger partial charge on any atom is 0.407 e. The molecule has 2 aliphatic heterocycles. The van der Waals surface area contributed by atoms with Crippen molar-refractivity contribution in [2.24, 2.45) is 0 Å². The molecule has 1 atom stereocenters. The van der Waals surface area contributed by atoms with E-state index in [1.54, 1.807) is 4.31 Å². The van der Waals surface area contributed by atoms with Crippen molar-refractivity contribution < 1.29 is 19.5 Å². The van der Waals surface area contributed by atoms with Crippen LogP contribution in [0.3, 0.4) is 0 Å². The van der Waals surface area contributed by atoms with Crippen LogP contribution in [-0.4, -0.2) is 57.0 Å². The van der Waals surface area contributed by atoms with Gasteiger partial charge in [0.2, 0.25) is 5.78 Å². The summed E-state index contributed by atoms with van der Waals surface area (Å²) in [6.45, 7) is 0.880. The molecule has 0 saturated carbocycles. The lowest BCUT2D eigenvalue weighted by Crippen LogP contribution is -2.52. The van der Waals surface area contributed by atoms with E-state index in [9.17, 15) is 14.4 Å². The predicted octanol–water partition coefficient (Wildman–Crippen LogP) is -0.592. The average Bonchev–Trinajstić information content (AvgIpc) is 2.43. The molecule has 7 heteroatoms. The van der Waals surface area contributed by atoms with Gasteiger partial charge in [-0.15, -0.1) is 0 Å². The normalized spacial score (nSPS) is 28.0. The van der Waals surface area contributed by atoms with Gasteiger partial charge in [0.25, 0.3) is 5.12 Å². The molecule has 2 heterocycles. The molecule has 2 fully saturated rings. The SMILES string of the molecule is O=C1SN2CCN(C(=O)O)C[C@H]2C1=O. The predicted molar refractivity (Wildman–Crippen MR) is 47.7 cm³/mol. The van der Waals surface area contributed by atoms with E-state index in [2.05, 4.69) is 0 Å². The molecule has 1 N–H and O–H groups in total. The van der Waals surface area contributed by atoms with Gasteiger partial charge in [0.15, 0.2) is 0 Å². The Bertz CT molecular complexity index is 319. The zero-order valence-corrected chi connectivity index (χ0v) is 7.99. The van der Waals surface area contributed by atoms with Gasteiger partial charge in [-0.25, -0.2) is 9.10 Å². The third-order valence-corrected chi connectivity index (χ3v) is 3.34. The molecule has 0 spiro atoms. The number of carbonyl (C=O) groups excluding carboxylic acids is 2. The van der Waals surface area contributed by atoms with Crippen LogP contribution in [0.2, 0.25) is 0 Å². The number of piperazine rings is 1. The maximum absolute atomic E-state index is 11.3. The highest BCUT2D eigenvalue weighted by Crippen LogP contribution is 2.28. The average molecular weight is 216 g/mol. The standard InChI is InChI=1S/C7H8N2O4S/c10-5-4-3-8(7(12)13)1-2-9(4)14-6(5)11/h4H,1-3H2,(H,12,13)/t4-/m0/s1. The topological polar surface area (TPSA) is 77.9 Å². The third-order valence-electron chi connectivity index (χ3n) is 2.31. The molecular weight excluding hydrogens is 208 g/mol.